The number of aromatic nitrogens is 1. The van der Waals surface area contributed by atoms with Gasteiger partial charge in [-0.05, 0) is 54.4 Å². The number of carbonyl (C=O) groups is 1. The van der Waals surface area contributed by atoms with E-state index in [1.807, 2.05) is 39.0 Å². The van der Waals surface area contributed by atoms with E-state index in [9.17, 15) is 4.79 Å². The summed E-state index contributed by atoms with van der Waals surface area (Å²) in [6.45, 7) is 6.22. The number of hydrogen-bond acceptors (Lipinski definition) is 3. The van der Waals surface area contributed by atoms with E-state index in [0.29, 0.717) is 12.1 Å². The number of aryl methyl sites for hydroxylation is 3. The van der Waals surface area contributed by atoms with Crippen LogP contribution in [0.25, 0.3) is 0 Å². The Morgan fingerprint density at radius 1 is 1.35 bits per heavy atom. The third-order valence-corrected chi connectivity index (χ3v) is 3.93. The monoisotopic (exact) mass is 336 g/mol. The molecule has 0 N–H and O–H groups in total. The molecular weight excluding hydrogens is 320 g/mol. The first-order chi connectivity index (χ1) is 9.40. The molecule has 2 rings (SSSR count). The van der Waals surface area contributed by atoms with Gasteiger partial charge in [-0.3, -0.25) is 4.79 Å². The van der Waals surface area contributed by atoms with Crippen LogP contribution in [0.1, 0.15) is 32.9 Å². The van der Waals surface area contributed by atoms with Crippen molar-refractivity contribution in [1.29, 1.82) is 0 Å². The summed E-state index contributed by atoms with van der Waals surface area (Å²) in [5.41, 5.74) is 3.56. The van der Waals surface area contributed by atoms with Crippen molar-refractivity contribution in [2.45, 2.75) is 27.3 Å². The van der Waals surface area contributed by atoms with Crippen molar-refractivity contribution in [2.75, 3.05) is 7.05 Å². The minimum atomic E-state index is -0.0307. The smallest absolute Gasteiger partial charge is 0.255 e. The van der Waals surface area contributed by atoms with Crippen molar-refractivity contribution in [3.05, 3.63) is 50.8 Å². The van der Waals surface area contributed by atoms with E-state index in [-0.39, 0.29) is 5.91 Å². The molecule has 1 aromatic carbocycles. The number of hydrogen-bond donors (Lipinski definition) is 0. The predicted molar refractivity (Wildman–Crippen MR) is 80.7 cm³/mol. The van der Waals surface area contributed by atoms with Crippen LogP contribution in [-0.2, 0) is 6.54 Å². The second kappa shape index (κ2) is 5.79. The van der Waals surface area contributed by atoms with Crippen molar-refractivity contribution in [1.82, 2.24) is 10.1 Å². The predicted octanol–water partition coefficient (Wildman–Crippen LogP) is 3.63. The number of rotatable bonds is 3. The van der Waals surface area contributed by atoms with E-state index in [1.165, 1.54) is 0 Å². The Bertz CT molecular complexity index is 630. The average Bonchev–Trinajstić information content (AvgIpc) is 2.70. The molecule has 1 aromatic heterocycles. The molecule has 0 fully saturated rings. The van der Waals surface area contributed by atoms with Crippen LogP contribution in [0.5, 0.6) is 0 Å². The fraction of sp³-hybridized carbons (Fsp3) is 0.333. The SMILES string of the molecule is Cc1ccc(C(=O)N(C)Cc2c(C)noc2C)c(Br)c1. The Morgan fingerprint density at radius 3 is 2.60 bits per heavy atom. The van der Waals surface area contributed by atoms with Crippen LogP contribution in [-0.4, -0.2) is 23.0 Å². The number of amides is 1. The van der Waals surface area contributed by atoms with Crippen molar-refractivity contribution in [3.63, 3.8) is 0 Å². The summed E-state index contributed by atoms with van der Waals surface area (Å²) in [6, 6.07) is 5.71. The summed E-state index contributed by atoms with van der Waals surface area (Å²) in [6.07, 6.45) is 0. The Kier molecular flexibility index (Phi) is 4.28. The highest BCUT2D eigenvalue weighted by atomic mass is 79.9. The standard InChI is InChI=1S/C15H17BrN2O2/c1-9-5-6-12(14(16)7-9)15(19)18(4)8-13-10(2)17-20-11(13)3/h5-7H,8H2,1-4H3. The lowest BCUT2D eigenvalue weighted by Gasteiger charge is -2.18. The van der Waals surface area contributed by atoms with Crippen molar-refractivity contribution in [2.24, 2.45) is 0 Å². The zero-order valence-electron chi connectivity index (χ0n) is 12.0. The van der Waals surface area contributed by atoms with Crippen LogP contribution in [0.4, 0.5) is 0 Å². The van der Waals surface area contributed by atoms with Crippen molar-refractivity contribution in [3.8, 4) is 0 Å². The van der Waals surface area contributed by atoms with E-state index in [2.05, 4.69) is 21.1 Å². The normalized spacial score (nSPS) is 10.7. The summed E-state index contributed by atoms with van der Waals surface area (Å²) in [4.78, 5) is 14.1. The van der Waals surface area contributed by atoms with Gasteiger partial charge >= 0.3 is 0 Å². The second-order valence-electron chi connectivity index (χ2n) is 4.95. The minimum Gasteiger partial charge on any atom is -0.361 e. The van der Waals surface area contributed by atoms with Crippen LogP contribution < -0.4 is 0 Å². The van der Waals surface area contributed by atoms with Gasteiger partial charge in [0.15, 0.2) is 0 Å². The zero-order valence-corrected chi connectivity index (χ0v) is 13.6. The third-order valence-electron chi connectivity index (χ3n) is 3.28. The van der Waals surface area contributed by atoms with Gasteiger partial charge in [-0.1, -0.05) is 11.2 Å². The minimum absolute atomic E-state index is 0.0307. The molecule has 5 heteroatoms. The molecule has 0 atom stereocenters. The molecule has 0 spiro atoms. The molecule has 0 bridgehead atoms. The molecule has 0 aliphatic rings. The van der Waals surface area contributed by atoms with Gasteiger partial charge in [0.05, 0.1) is 17.8 Å². The lowest BCUT2D eigenvalue weighted by atomic mass is 10.1. The lowest BCUT2D eigenvalue weighted by Crippen LogP contribution is -2.27. The van der Waals surface area contributed by atoms with Crippen LogP contribution in [0, 0.1) is 20.8 Å². The number of nitrogens with zero attached hydrogens (tertiary/aromatic N) is 2. The molecule has 1 amide bonds. The Labute approximate surface area is 126 Å². The van der Waals surface area contributed by atoms with Crippen molar-refractivity contribution < 1.29 is 9.32 Å². The summed E-state index contributed by atoms with van der Waals surface area (Å²) in [5.74, 6) is 0.724. The van der Waals surface area contributed by atoms with Gasteiger partial charge in [-0.15, -0.1) is 0 Å². The summed E-state index contributed by atoms with van der Waals surface area (Å²) in [7, 11) is 1.78. The summed E-state index contributed by atoms with van der Waals surface area (Å²) >= 11 is 3.44. The maximum absolute atomic E-state index is 12.5. The molecule has 2 aromatic rings. The average molecular weight is 337 g/mol. The van der Waals surface area contributed by atoms with E-state index < -0.39 is 0 Å². The van der Waals surface area contributed by atoms with Gasteiger partial charge in [0.25, 0.3) is 5.91 Å². The molecule has 20 heavy (non-hydrogen) atoms. The third kappa shape index (κ3) is 2.93. The highest BCUT2D eigenvalue weighted by Gasteiger charge is 2.18. The van der Waals surface area contributed by atoms with Crippen LogP contribution in [0.15, 0.2) is 27.2 Å². The summed E-state index contributed by atoms with van der Waals surface area (Å²) < 4.78 is 5.94. The van der Waals surface area contributed by atoms with Crippen LogP contribution in [0.2, 0.25) is 0 Å². The molecule has 0 saturated carbocycles. The highest BCUT2D eigenvalue weighted by molar-refractivity contribution is 9.10. The first kappa shape index (κ1) is 14.8. The van der Waals surface area contributed by atoms with Gasteiger partial charge in [0.2, 0.25) is 0 Å². The second-order valence-corrected chi connectivity index (χ2v) is 5.80. The van der Waals surface area contributed by atoms with Gasteiger partial charge in [-0.2, -0.15) is 0 Å². The number of halogens is 1. The topological polar surface area (TPSA) is 46.3 Å². The van der Waals surface area contributed by atoms with Gasteiger partial charge in [0.1, 0.15) is 5.76 Å². The first-order valence-electron chi connectivity index (χ1n) is 6.33. The fourth-order valence-corrected chi connectivity index (χ4v) is 2.70. The first-order valence-corrected chi connectivity index (χ1v) is 7.13. The number of benzene rings is 1. The number of carbonyl (C=O) groups excluding carboxylic acids is 1. The van der Waals surface area contributed by atoms with Crippen molar-refractivity contribution >= 4 is 21.8 Å². The molecule has 1 heterocycles. The molecule has 0 aliphatic carbocycles. The molecule has 106 valence electrons. The highest BCUT2D eigenvalue weighted by Crippen LogP contribution is 2.21. The lowest BCUT2D eigenvalue weighted by molar-refractivity contribution is 0.0783. The molecular formula is C15H17BrN2O2. The molecule has 0 saturated heterocycles. The summed E-state index contributed by atoms with van der Waals surface area (Å²) in [5, 5.41) is 3.91. The maximum atomic E-state index is 12.5. The zero-order chi connectivity index (χ0) is 14.9. The molecule has 0 unspecified atom stereocenters. The fourth-order valence-electron chi connectivity index (χ4n) is 2.04. The van der Waals surface area contributed by atoms with Crippen LogP contribution >= 0.6 is 15.9 Å². The quantitative estimate of drug-likeness (QED) is 0.859. The Morgan fingerprint density at radius 2 is 2.05 bits per heavy atom. The molecule has 0 aliphatic heterocycles. The van der Waals surface area contributed by atoms with E-state index in [0.717, 1.165) is 27.1 Å². The van der Waals surface area contributed by atoms with Crippen LogP contribution in [0.3, 0.4) is 0 Å². The van der Waals surface area contributed by atoms with E-state index in [4.69, 9.17) is 4.52 Å². The molecule has 0 radical (unpaired) electrons. The van der Waals surface area contributed by atoms with Gasteiger partial charge < -0.3 is 9.42 Å². The Hall–Kier alpha value is -1.62. The largest absolute Gasteiger partial charge is 0.361 e. The Balaban J connectivity index is 2.21. The molecule has 4 nitrogen and oxygen atoms in total. The van der Waals surface area contributed by atoms with Gasteiger partial charge in [0, 0.05) is 17.1 Å². The maximum Gasteiger partial charge on any atom is 0.255 e. The van der Waals surface area contributed by atoms with E-state index in [1.54, 1.807) is 11.9 Å². The van der Waals surface area contributed by atoms with Gasteiger partial charge in [-0.25, -0.2) is 0 Å². The van der Waals surface area contributed by atoms with E-state index >= 15 is 0 Å².